The molecule has 106 valence electrons. The summed E-state index contributed by atoms with van der Waals surface area (Å²) in [7, 11) is -3.77. The van der Waals surface area contributed by atoms with Crippen LogP contribution in [0.5, 0.6) is 0 Å². The maximum absolute atomic E-state index is 11.9. The molecule has 0 saturated carbocycles. The summed E-state index contributed by atoms with van der Waals surface area (Å²) in [6, 6.07) is 3.94. The molecule has 0 atom stereocenters. The van der Waals surface area contributed by atoms with Crippen molar-refractivity contribution in [3.8, 4) is 0 Å². The van der Waals surface area contributed by atoms with Gasteiger partial charge in [-0.25, -0.2) is 13.1 Å². The molecule has 0 aliphatic carbocycles. The summed E-state index contributed by atoms with van der Waals surface area (Å²) in [5.41, 5.74) is 0. The Morgan fingerprint density at radius 2 is 1.95 bits per heavy atom. The minimum absolute atomic E-state index is 0.0369. The molecule has 0 fully saturated rings. The third-order valence-corrected chi connectivity index (χ3v) is 4.33. The quantitative estimate of drug-likeness (QED) is 0.837. The van der Waals surface area contributed by atoms with Crippen LogP contribution in [-0.4, -0.2) is 27.4 Å². The molecular formula is C11H14Cl2N2O3S. The molecule has 0 radical (unpaired) electrons. The minimum atomic E-state index is -3.77. The first-order valence-electron chi connectivity index (χ1n) is 5.58. The average molecular weight is 325 g/mol. The molecule has 0 saturated heterocycles. The Bertz CT molecular complexity index is 561. The fourth-order valence-electron chi connectivity index (χ4n) is 1.21. The Morgan fingerprint density at radius 3 is 2.53 bits per heavy atom. The molecule has 0 heterocycles. The monoisotopic (exact) mass is 324 g/mol. The van der Waals surface area contributed by atoms with Crippen LogP contribution in [0.25, 0.3) is 0 Å². The van der Waals surface area contributed by atoms with Gasteiger partial charge in [-0.3, -0.25) is 4.79 Å². The van der Waals surface area contributed by atoms with Crippen LogP contribution in [0, 0.1) is 0 Å². The van der Waals surface area contributed by atoms with Crippen molar-refractivity contribution in [2.75, 3.05) is 13.1 Å². The zero-order valence-corrected chi connectivity index (χ0v) is 12.6. The second kappa shape index (κ2) is 7.09. The molecule has 1 amide bonds. The minimum Gasteiger partial charge on any atom is -0.355 e. The lowest BCUT2D eigenvalue weighted by Gasteiger charge is -2.08. The fraction of sp³-hybridized carbons (Fsp3) is 0.364. The highest BCUT2D eigenvalue weighted by molar-refractivity contribution is 7.89. The van der Waals surface area contributed by atoms with Crippen LogP contribution in [0.15, 0.2) is 23.1 Å². The molecule has 0 spiro atoms. The lowest BCUT2D eigenvalue weighted by atomic mass is 10.4. The zero-order valence-electron chi connectivity index (χ0n) is 10.2. The van der Waals surface area contributed by atoms with Gasteiger partial charge in [-0.2, -0.15) is 0 Å². The van der Waals surface area contributed by atoms with E-state index in [4.69, 9.17) is 23.2 Å². The summed E-state index contributed by atoms with van der Waals surface area (Å²) in [6.45, 7) is 2.09. The first-order valence-corrected chi connectivity index (χ1v) is 7.82. The van der Waals surface area contributed by atoms with E-state index >= 15 is 0 Å². The van der Waals surface area contributed by atoms with E-state index in [-0.39, 0.29) is 27.4 Å². The number of sulfonamides is 1. The molecule has 0 bridgehead atoms. The predicted molar refractivity (Wildman–Crippen MR) is 75.0 cm³/mol. The number of carbonyl (C=O) groups excluding carboxylic acids is 1. The molecule has 0 aliphatic rings. The molecule has 1 aromatic rings. The Kier molecular flexibility index (Phi) is 6.06. The van der Waals surface area contributed by atoms with E-state index in [1.165, 1.54) is 18.2 Å². The molecule has 19 heavy (non-hydrogen) atoms. The summed E-state index contributed by atoms with van der Waals surface area (Å²) in [5, 5.41) is 2.97. The van der Waals surface area contributed by atoms with Crippen molar-refractivity contribution in [2.45, 2.75) is 18.2 Å². The SMILES string of the molecule is CCCNC(=O)CNS(=O)(=O)c1ccc(Cl)c(Cl)c1. The van der Waals surface area contributed by atoms with Gasteiger partial charge in [0, 0.05) is 6.54 Å². The Hall–Kier alpha value is -0.820. The molecule has 0 aromatic heterocycles. The van der Waals surface area contributed by atoms with Crippen LogP contribution in [0.1, 0.15) is 13.3 Å². The van der Waals surface area contributed by atoms with Gasteiger partial charge in [-0.1, -0.05) is 30.1 Å². The molecular weight excluding hydrogens is 311 g/mol. The number of hydrogen-bond acceptors (Lipinski definition) is 3. The van der Waals surface area contributed by atoms with Crippen molar-refractivity contribution in [2.24, 2.45) is 0 Å². The normalized spacial score (nSPS) is 11.3. The number of carbonyl (C=O) groups is 1. The number of nitrogens with one attached hydrogen (secondary N) is 2. The van der Waals surface area contributed by atoms with Gasteiger partial charge in [0.2, 0.25) is 15.9 Å². The van der Waals surface area contributed by atoms with Gasteiger partial charge < -0.3 is 5.32 Å². The number of rotatable bonds is 6. The molecule has 2 N–H and O–H groups in total. The van der Waals surface area contributed by atoms with Crippen molar-refractivity contribution in [1.29, 1.82) is 0 Å². The summed E-state index contributed by atoms with van der Waals surface area (Å²) in [4.78, 5) is 11.3. The molecule has 5 nitrogen and oxygen atoms in total. The maximum atomic E-state index is 11.9. The van der Waals surface area contributed by atoms with Gasteiger partial charge in [-0.05, 0) is 24.6 Å². The number of amides is 1. The number of halogens is 2. The second-order valence-electron chi connectivity index (χ2n) is 3.75. The topological polar surface area (TPSA) is 75.3 Å². The molecule has 0 unspecified atom stereocenters. The van der Waals surface area contributed by atoms with Crippen LogP contribution >= 0.6 is 23.2 Å². The van der Waals surface area contributed by atoms with E-state index in [2.05, 4.69) is 10.0 Å². The fourth-order valence-corrected chi connectivity index (χ4v) is 2.59. The van der Waals surface area contributed by atoms with E-state index in [9.17, 15) is 13.2 Å². The zero-order chi connectivity index (χ0) is 14.5. The second-order valence-corrected chi connectivity index (χ2v) is 6.33. The highest BCUT2D eigenvalue weighted by Gasteiger charge is 2.16. The van der Waals surface area contributed by atoms with Crippen molar-refractivity contribution in [1.82, 2.24) is 10.0 Å². The number of hydrogen-bond donors (Lipinski definition) is 2. The van der Waals surface area contributed by atoms with Crippen molar-refractivity contribution < 1.29 is 13.2 Å². The van der Waals surface area contributed by atoms with E-state index in [1.54, 1.807) is 0 Å². The molecule has 0 aliphatic heterocycles. The highest BCUT2D eigenvalue weighted by Crippen LogP contribution is 2.24. The molecule has 8 heteroatoms. The van der Waals surface area contributed by atoms with E-state index < -0.39 is 10.0 Å². The van der Waals surface area contributed by atoms with Gasteiger partial charge in [0.05, 0.1) is 21.5 Å². The van der Waals surface area contributed by atoms with E-state index in [0.29, 0.717) is 6.54 Å². The van der Waals surface area contributed by atoms with Crippen LogP contribution in [-0.2, 0) is 14.8 Å². The Balaban J connectivity index is 2.70. The smallest absolute Gasteiger partial charge is 0.241 e. The largest absolute Gasteiger partial charge is 0.355 e. The van der Waals surface area contributed by atoms with Crippen LogP contribution in [0.3, 0.4) is 0 Å². The van der Waals surface area contributed by atoms with Crippen molar-refractivity contribution in [3.63, 3.8) is 0 Å². The standard InChI is InChI=1S/C11H14Cl2N2O3S/c1-2-5-14-11(16)7-15-19(17,18)8-3-4-9(12)10(13)6-8/h3-4,6,15H,2,5,7H2,1H3,(H,14,16). The van der Waals surface area contributed by atoms with Gasteiger partial charge in [0.25, 0.3) is 0 Å². The maximum Gasteiger partial charge on any atom is 0.241 e. The van der Waals surface area contributed by atoms with E-state index in [1.807, 2.05) is 6.92 Å². The van der Waals surface area contributed by atoms with Crippen LogP contribution in [0.2, 0.25) is 10.0 Å². The van der Waals surface area contributed by atoms with Gasteiger partial charge >= 0.3 is 0 Å². The lowest BCUT2D eigenvalue weighted by molar-refractivity contribution is -0.119. The summed E-state index contributed by atoms with van der Waals surface area (Å²) in [6.07, 6.45) is 0.783. The van der Waals surface area contributed by atoms with Crippen molar-refractivity contribution >= 4 is 39.1 Å². The summed E-state index contributed by atoms with van der Waals surface area (Å²) < 4.78 is 26.0. The third kappa shape index (κ3) is 4.99. The first kappa shape index (κ1) is 16.2. The van der Waals surface area contributed by atoms with Gasteiger partial charge in [-0.15, -0.1) is 0 Å². The van der Waals surface area contributed by atoms with Crippen LogP contribution < -0.4 is 10.0 Å². The van der Waals surface area contributed by atoms with E-state index in [0.717, 1.165) is 6.42 Å². The van der Waals surface area contributed by atoms with Crippen LogP contribution in [0.4, 0.5) is 0 Å². The van der Waals surface area contributed by atoms with Crippen molar-refractivity contribution in [3.05, 3.63) is 28.2 Å². The Morgan fingerprint density at radius 1 is 1.26 bits per heavy atom. The van der Waals surface area contributed by atoms with Gasteiger partial charge in [0.1, 0.15) is 0 Å². The molecule has 1 aromatic carbocycles. The Labute approximate surface area is 122 Å². The summed E-state index contributed by atoms with van der Waals surface area (Å²) in [5.74, 6) is -0.384. The predicted octanol–water partition coefficient (Wildman–Crippen LogP) is 1.80. The summed E-state index contributed by atoms with van der Waals surface area (Å²) >= 11 is 11.5. The number of benzene rings is 1. The first-order chi connectivity index (χ1) is 8.86. The average Bonchev–Trinajstić information content (AvgIpc) is 2.37. The lowest BCUT2D eigenvalue weighted by Crippen LogP contribution is -2.37. The van der Waals surface area contributed by atoms with Gasteiger partial charge in [0.15, 0.2) is 0 Å². The highest BCUT2D eigenvalue weighted by atomic mass is 35.5. The third-order valence-electron chi connectivity index (χ3n) is 2.20. The molecule has 1 rings (SSSR count).